The fourth-order valence-corrected chi connectivity index (χ4v) is 4.88. The summed E-state index contributed by atoms with van der Waals surface area (Å²) in [7, 11) is -3.50. The number of aryl methyl sites for hydroxylation is 1. The molecule has 1 aliphatic rings. The second-order valence-corrected chi connectivity index (χ2v) is 9.18. The van der Waals surface area contributed by atoms with Gasteiger partial charge in [0.25, 0.3) is 5.91 Å². The van der Waals surface area contributed by atoms with Crippen molar-refractivity contribution >= 4 is 21.6 Å². The van der Waals surface area contributed by atoms with Crippen molar-refractivity contribution in [2.75, 3.05) is 25.0 Å². The summed E-state index contributed by atoms with van der Waals surface area (Å²) in [6.07, 6.45) is 1.94. The van der Waals surface area contributed by atoms with Crippen LogP contribution in [0.3, 0.4) is 0 Å². The molecule has 1 amide bonds. The predicted molar refractivity (Wildman–Crippen MR) is 109 cm³/mol. The summed E-state index contributed by atoms with van der Waals surface area (Å²) in [5.74, 6) is 0.730. The van der Waals surface area contributed by atoms with Crippen molar-refractivity contribution in [2.45, 2.75) is 31.6 Å². The van der Waals surface area contributed by atoms with E-state index in [0.717, 1.165) is 18.4 Å². The number of sulfonamides is 1. The average Bonchev–Trinajstić information content (AvgIpc) is 2.68. The zero-order valence-corrected chi connectivity index (χ0v) is 17.0. The number of rotatable bonds is 6. The number of nitrogens with one attached hydrogen (secondary N) is 1. The van der Waals surface area contributed by atoms with E-state index in [1.165, 1.54) is 12.1 Å². The quantitative estimate of drug-likeness (QED) is 0.803. The average molecular weight is 403 g/mol. The maximum atomic E-state index is 12.8. The van der Waals surface area contributed by atoms with Gasteiger partial charge in [-0.25, -0.2) is 8.42 Å². The number of piperidine rings is 1. The Morgan fingerprint density at radius 2 is 1.89 bits per heavy atom. The van der Waals surface area contributed by atoms with Gasteiger partial charge in [-0.3, -0.25) is 4.79 Å². The van der Waals surface area contributed by atoms with E-state index in [-0.39, 0.29) is 17.4 Å². The fraction of sp³-hybridized carbons (Fsp3) is 0.381. The van der Waals surface area contributed by atoms with Crippen LogP contribution < -0.4 is 10.1 Å². The van der Waals surface area contributed by atoms with E-state index in [1.807, 2.05) is 31.2 Å². The number of amides is 1. The molecule has 0 spiro atoms. The van der Waals surface area contributed by atoms with E-state index in [1.54, 1.807) is 16.4 Å². The summed E-state index contributed by atoms with van der Waals surface area (Å²) < 4.78 is 32.6. The van der Waals surface area contributed by atoms with Crippen molar-refractivity contribution in [3.63, 3.8) is 0 Å². The van der Waals surface area contributed by atoms with Crippen molar-refractivity contribution in [3.05, 3.63) is 54.1 Å². The molecule has 0 aliphatic carbocycles. The first-order valence-corrected chi connectivity index (χ1v) is 10.9. The molecule has 1 fully saturated rings. The Morgan fingerprint density at radius 3 is 2.57 bits per heavy atom. The Balaban J connectivity index is 1.59. The molecule has 150 valence electrons. The van der Waals surface area contributed by atoms with Gasteiger partial charge in [-0.2, -0.15) is 4.31 Å². The zero-order chi connectivity index (χ0) is 20.1. The standard InChI is InChI=1S/C21H26N2O4S/c1-16-6-5-13-23(14-16)28(25,26)19-11-9-18(10-12-19)22-21(24)15-27-20-8-4-3-7-17(20)2/h3-4,7-12,16H,5-6,13-15H2,1-2H3,(H,22,24)/t16-/m0/s1. The Bertz CT molecular complexity index is 926. The van der Waals surface area contributed by atoms with Gasteiger partial charge < -0.3 is 10.1 Å². The normalized spacial score (nSPS) is 17.9. The summed E-state index contributed by atoms with van der Waals surface area (Å²) in [4.78, 5) is 12.3. The van der Waals surface area contributed by atoms with Crippen molar-refractivity contribution in [2.24, 2.45) is 5.92 Å². The number of anilines is 1. The van der Waals surface area contributed by atoms with Crippen LogP contribution in [0.5, 0.6) is 5.75 Å². The van der Waals surface area contributed by atoms with Crippen molar-refractivity contribution in [1.29, 1.82) is 0 Å². The first kappa shape index (κ1) is 20.4. The lowest BCUT2D eigenvalue weighted by atomic mass is 10.0. The summed E-state index contributed by atoms with van der Waals surface area (Å²) in [5, 5.41) is 2.72. The molecule has 0 unspecified atom stereocenters. The van der Waals surface area contributed by atoms with Gasteiger partial charge in [0, 0.05) is 18.8 Å². The number of hydrogen-bond acceptors (Lipinski definition) is 4. The van der Waals surface area contributed by atoms with Gasteiger partial charge >= 0.3 is 0 Å². The van der Waals surface area contributed by atoms with Crippen LogP contribution >= 0.6 is 0 Å². The van der Waals surface area contributed by atoms with Gasteiger partial charge in [0.1, 0.15) is 5.75 Å². The van der Waals surface area contributed by atoms with Gasteiger partial charge in [-0.15, -0.1) is 0 Å². The van der Waals surface area contributed by atoms with E-state index in [9.17, 15) is 13.2 Å². The summed E-state index contributed by atoms with van der Waals surface area (Å²) in [6.45, 7) is 4.98. The van der Waals surface area contributed by atoms with Crippen LogP contribution in [0, 0.1) is 12.8 Å². The van der Waals surface area contributed by atoms with Crippen LogP contribution in [0.15, 0.2) is 53.4 Å². The predicted octanol–water partition coefficient (Wildman–Crippen LogP) is 3.43. The van der Waals surface area contributed by atoms with Gasteiger partial charge in [0.15, 0.2) is 6.61 Å². The highest BCUT2D eigenvalue weighted by Gasteiger charge is 2.28. The molecule has 1 saturated heterocycles. The zero-order valence-electron chi connectivity index (χ0n) is 16.2. The van der Waals surface area contributed by atoms with Crippen molar-refractivity contribution in [3.8, 4) is 5.75 Å². The fourth-order valence-electron chi connectivity index (χ4n) is 3.28. The first-order valence-electron chi connectivity index (χ1n) is 9.45. The first-order chi connectivity index (χ1) is 13.4. The van der Waals surface area contributed by atoms with Crippen LogP contribution in [-0.2, 0) is 14.8 Å². The number of ether oxygens (including phenoxy) is 1. The molecule has 1 N–H and O–H groups in total. The maximum absolute atomic E-state index is 12.8. The molecule has 7 heteroatoms. The maximum Gasteiger partial charge on any atom is 0.262 e. The second-order valence-electron chi connectivity index (χ2n) is 7.24. The molecular formula is C21H26N2O4S. The highest BCUT2D eigenvalue weighted by atomic mass is 32.2. The number of para-hydroxylation sites is 1. The Morgan fingerprint density at radius 1 is 1.18 bits per heavy atom. The Kier molecular flexibility index (Phi) is 6.36. The third-order valence-electron chi connectivity index (χ3n) is 4.85. The number of hydrogen-bond donors (Lipinski definition) is 1. The number of carbonyl (C=O) groups excluding carboxylic acids is 1. The molecule has 2 aromatic rings. The van der Waals surface area contributed by atoms with Crippen molar-refractivity contribution in [1.82, 2.24) is 4.31 Å². The minimum atomic E-state index is -3.50. The minimum Gasteiger partial charge on any atom is -0.483 e. The lowest BCUT2D eigenvalue weighted by Crippen LogP contribution is -2.39. The smallest absolute Gasteiger partial charge is 0.262 e. The third kappa shape index (κ3) is 4.91. The molecule has 2 aromatic carbocycles. The Hall–Kier alpha value is -2.38. The van der Waals surface area contributed by atoms with Crippen molar-refractivity contribution < 1.29 is 17.9 Å². The molecule has 0 radical (unpaired) electrons. The highest BCUT2D eigenvalue weighted by molar-refractivity contribution is 7.89. The molecule has 28 heavy (non-hydrogen) atoms. The molecule has 0 aromatic heterocycles. The molecule has 1 heterocycles. The highest BCUT2D eigenvalue weighted by Crippen LogP contribution is 2.24. The lowest BCUT2D eigenvalue weighted by Gasteiger charge is -2.30. The van der Waals surface area contributed by atoms with Crippen LogP contribution in [0.4, 0.5) is 5.69 Å². The van der Waals surface area contributed by atoms with E-state index >= 15 is 0 Å². The largest absolute Gasteiger partial charge is 0.483 e. The number of benzene rings is 2. The topological polar surface area (TPSA) is 75.7 Å². The SMILES string of the molecule is Cc1ccccc1OCC(=O)Nc1ccc(S(=O)(=O)N2CCC[C@H](C)C2)cc1. The molecule has 1 atom stereocenters. The molecule has 0 bridgehead atoms. The second kappa shape index (κ2) is 8.75. The third-order valence-corrected chi connectivity index (χ3v) is 6.73. The van der Waals surface area contributed by atoms with E-state index in [0.29, 0.717) is 30.4 Å². The van der Waals surface area contributed by atoms with Gasteiger partial charge in [-0.05, 0) is 61.6 Å². The summed E-state index contributed by atoms with van der Waals surface area (Å²) >= 11 is 0. The lowest BCUT2D eigenvalue weighted by molar-refractivity contribution is -0.118. The van der Waals surface area contributed by atoms with E-state index < -0.39 is 10.0 Å². The minimum absolute atomic E-state index is 0.115. The number of nitrogens with zero attached hydrogens (tertiary/aromatic N) is 1. The van der Waals surface area contributed by atoms with Crippen LogP contribution in [0.1, 0.15) is 25.3 Å². The summed E-state index contributed by atoms with van der Waals surface area (Å²) in [6, 6.07) is 13.8. The molecule has 3 rings (SSSR count). The van der Waals surface area contributed by atoms with Gasteiger partial charge in [0.2, 0.25) is 10.0 Å². The van der Waals surface area contributed by atoms with Crippen LogP contribution in [0.25, 0.3) is 0 Å². The van der Waals surface area contributed by atoms with E-state index in [2.05, 4.69) is 12.2 Å². The van der Waals surface area contributed by atoms with E-state index in [4.69, 9.17) is 4.74 Å². The molecule has 0 saturated carbocycles. The number of carbonyl (C=O) groups is 1. The van der Waals surface area contributed by atoms with Gasteiger partial charge in [-0.1, -0.05) is 25.1 Å². The molecular weight excluding hydrogens is 376 g/mol. The monoisotopic (exact) mass is 402 g/mol. The van der Waals surface area contributed by atoms with Crippen LogP contribution in [0.2, 0.25) is 0 Å². The van der Waals surface area contributed by atoms with Gasteiger partial charge in [0.05, 0.1) is 4.90 Å². The Labute approximate surface area is 166 Å². The van der Waals surface area contributed by atoms with Crippen LogP contribution in [-0.4, -0.2) is 38.3 Å². The molecule has 1 aliphatic heterocycles. The molecule has 6 nitrogen and oxygen atoms in total. The summed E-state index contributed by atoms with van der Waals surface area (Å²) in [5.41, 5.74) is 1.49.